The number of benzene rings is 2. The lowest BCUT2D eigenvalue weighted by molar-refractivity contribution is 0.584. The smallest absolute Gasteiger partial charge is 0.276 e. The molecule has 118 valence electrons. The molecule has 1 aromatic heterocycles. The van der Waals surface area contributed by atoms with Crippen LogP contribution in [-0.2, 0) is 10.0 Å². The number of aryl methyl sites for hydroxylation is 1. The quantitative estimate of drug-likeness (QED) is 0.527. The highest BCUT2D eigenvalue weighted by Crippen LogP contribution is 2.20. The number of hydrogen-bond donors (Lipinski definition) is 2. The van der Waals surface area contributed by atoms with Crippen LogP contribution in [0.2, 0.25) is 0 Å². The molecule has 5 nitrogen and oxygen atoms in total. The molecule has 0 bridgehead atoms. The molecule has 23 heavy (non-hydrogen) atoms. The van der Waals surface area contributed by atoms with Crippen molar-refractivity contribution in [1.29, 1.82) is 0 Å². The van der Waals surface area contributed by atoms with Gasteiger partial charge in [0.15, 0.2) is 0 Å². The number of halogens is 1. The number of hydrogen-bond acceptors (Lipinski definition) is 3. The maximum absolute atomic E-state index is 12.2. The summed E-state index contributed by atoms with van der Waals surface area (Å²) in [7, 11) is -3.68. The molecule has 0 radical (unpaired) electrons. The topological polar surface area (TPSA) is 74.3 Å². The molecule has 0 unspecified atom stereocenters. The van der Waals surface area contributed by atoms with Crippen LogP contribution in [0.15, 0.2) is 63.0 Å². The molecule has 0 amide bonds. The molecule has 1 heterocycles. The first-order valence-corrected chi connectivity index (χ1v) is 9.13. The first kappa shape index (κ1) is 15.8. The van der Waals surface area contributed by atoms with E-state index in [1.54, 1.807) is 12.1 Å². The summed E-state index contributed by atoms with van der Waals surface area (Å²) in [4.78, 5) is 5.64. The van der Waals surface area contributed by atoms with Gasteiger partial charge >= 0.3 is 0 Å². The summed E-state index contributed by atoms with van der Waals surface area (Å²) < 4.78 is 25.2. The zero-order valence-electron chi connectivity index (χ0n) is 12.2. The molecule has 0 saturated heterocycles. The minimum Gasteiger partial charge on any atom is -0.358 e. The van der Waals surface area contributed by atoms with Crippen LogP contribution in [0.1, 0.15) is 11.3 Å². The normalized spacial score (nSPS) is 12.1. The molecule has 3 aromatic rings. The van der Waals surface area contributed by atoms with Crippen LogP contribution in [-0.4, -0.2) is 19.6 Å². The highest BCUT2D eigenvalue weighted by Gasteiger charge is 2.12. The van der Waals surface area contributed by atoms with Crippen molar-refractivity contribution >= 4 is 43.1 Å². The van der Waals surface area contributed by atoms with Crippen molar-refractivity contribution in [3.05, 3.63) is 64.3 Å². The van der Waals surface area contributed by atoms with Crippen LogP contribution < -0.4 is 4.83 Å². The summed E-state index contributed by atoms with van der Waals surface area (Å²) in [6, 6.07) is 14.2. The van der Waals surface area contributed by atoms with Gasteiger partial charge in [0, 0.05) is 26.6 Å². The van der Waals surface area contributed by atoms with Gasteiger partial charge < -0.3 is 4.98 Å². The van der Waals surface area contributed by atoms with Crippen molar-refractivity contribution in [2.75, 3.05) is 0 Å². The number of fused-ring (bicyclic) bond motifs is 1. The number of nitrogens with one attached hydrogen (secondary N) is 2. The SMILES string of the molecule is Cc1[nH]c2ccccc2c1C=NNS(=O)(=O)c1ccc(Br)cc1. The van der Waals surface area contributed by atoms with E-state index in [0.29, 0.717) is 0 Å². The number of sulfonamides is 1. The van der Waals surface area contributed by atoms with Crippen molar-refractivity contribution in [3.8, 4) is 0 Å². The molecule has 3 rings (SSSR count). The van der Waals surface area contributed by atoms with Gasteiger partial charge in [-0.3, -0.25) is 0 Å². The van der Waals surface area contributed by atoms with Gasteiger partial charge in [-0.2, -0.15) is 13.5 Å². The van der Waals surface area contributed by atoms with Gasteiger partial charge in [0.25, 0.3) is 10.0 Å². The van der Waals surface area contributed by atoms with Gasteiger partial charge in [0.2, 0.25) is 0 Å². The Bertz CT molecular complexity index is 976. The second-order valence-electron chi connectivity index (χ2n) is 5.02. The predicted molar refractivity (Wildman–Crippen MR) is 95.1 cm³/mol. The van der Waals surface area contributed by atoms with Crippen LogP contribution in [0.5, 0.6) is 0 Å². The first-order valence-electron chi connectivity index (χ1n) is 6.85. The van der Waals surface area contributed by atoms with E-state index in [0.717, 1.165) is 26.6 Å². The van der Waals surface area contributed by atoms with Gasteiger partial charge in [-0.1, -0.05) is 34.1 Å². The van der Waals surface area contributed by atoms with Crippen molar-refractivity contribution in [2.24, 2.45) is 5.10 Å². The number of aromatic amines is 1. The van der Waals surface area contributed by atoms with E-state index < -0.39 is 10.0 Å². The average molecular weight is 392 g/mol. The molecule has 0 aliphatic carbocycles. The van der Waals surface area contributed by atoms with E-state index in [-0.39, 0.29) is 4.90 Å². The Balaban J connectivity index is 1.85. The summed E-state index contributed by atoms with van der Waals surface area (Å²) >= 11 is 3.27. The summed E-state index contributed by atoms with van der Waals surface area (Å²) in [5.41, 5.74) is 2.78. The Morgan fingerprint density at radius 1 is 1.13 bits per heavy atom. The first-order chi connectivity index (χ1) is 11.0. The summed E-state index contributed by atoms with van der Waals surface area (Å²) in [5.74, 6) is 0. The Morgan fingerprint density at radius 3 is 2.57 bits per heavy atom. The van der Waals surface area contributed by atoms with Gasteiger partial charge in [0.1, 0.15) is 0 Å². The molecule has 0 aliphatic heterocycles. The molecule has 0 fully saturated rings. The number of rotatable bonds is 4. The zero-order valence-corrected chi connectivity index (χ0v) is 14.6. The Labute approximate surface area is 142 Å². The predicted octanol–water partition coefficient (Wildman–Crippen LogP) is 3.55. The Hall–Kier alpha value is -2.12. The number of aromatic nitrogens is 1. The minimum atomic E-state index is -3.68. The summed E-state index contributed by atoms with van der Waals surface area (Å²) in [5, 5.41) is 4.90. The van der Waals surface area contributed by atoms with Gasteiger partial charge in [0.05, 0.1) is 11.1 Å². The monoisotopic (exact) mass is 391 g/mol. The van der Waals surface area contributed by atoms with Crippen molar-refractivity contribution in [1.82, 2.24) is 9.82 Å². The van der Waals surface area contributed by atoms with Crippen LogP contribution >= 0.6 is 15.9 Å². The van der Waals surface area contributed by atoms with Crippen LogP contribution in [0.4, 0.5) is 0 Å². The molecular formula is C16H14BrN3O2S. The summed E-state index contributed by atoms with van der Waals surface area (Å²) in [6.07, 6.45) is 1.52. The number of H-pyrrole nitrogens is 1. The van der Waals surface area contributed by atoms with Crippen LogP contribution in [0, 0.1) is 6.92 Å². The largest absolute Gasteiger partial charge is 0.358 e. The minimum absolute atomic E-state index is 0.161. The second-order valence-corrected chi connectivity index (χ2v) is 7.59. The van der Waals surface area contributed by atoms with E-state index in [1.165, 1.54) is 18.3 Å². The van der Waals surface area contributed by atoms with Gasteiger partial charge in [-0.15, -0.1) is 0 Å². The van der Waals surface area contributed by atoms with Crippen molar-refractivity contribution < 1.29 is 8.42 Å². The average Bonchev–Trinajstić information content (AvgIpc) is 2.84. The second kappa shape index (κ2) is 6.17. The molecule has 0 aliphatic rings. The van der Waals surface area contributed by atoms with E-state index in [1.807, 2.05) is 31.2 Å². The van der Waals surface area contributed by atoms with Crippen molar-refractivity contribution in [3.63, 3.8) is 0 Å². The summed E-state index contributed by atoms with van der Waals surface area (Å²) in [6.45, 7) is 1.92. The number of hydrazone groups is 1. The van der Waals surface area contributed by atoms with Crippen LogP contribution in [0.25, 0.3) is 10.9 Å². The fourth-order valence-electron chi connectivity index (χ4n) is 2.29. The molecule has 0 saturated carbocycles. The Kier molecular flexibility index (Phi) is 4.23. The lowest BCUT2D eigenvalue weighted by atomic mass is 10.1. The van der Waals surface area contributed by atoms with E-state index in [2.05, 4.69) is 30.8 Å². The zero-order chi connectivity index (χ0) is 16.4. The molecule has 0 atom stereocenters. The lowest BCUT2D eigenvalue weighted by Crippen LogP contribution is -2.18. The van der Waals surface area contributed by atoms with Gasteiger partial charge in [-0.05, 0) is 37.3 Å². The van der Waals surface area contributed by atoms with E-state index in [9.17, 15) is 8.42 Å². The third-order valence-corrected chi connectivity index (χ3v) is 5.20. The fraction of sp³-hybridized carbons (Fsp3) is 0.0625. The molecular weight excluding hydrogens is 378 g/mol. The number of nitrogens with zero attached hydrogens (tertiary/aromatic N) is 1. The van der Waals surface area contributed by atoms with E-state index in [4.69, 9.17) is 0 Å². The van der Waals surface area contributed by atoms with Gasteiger partial charge in [-0.25, -0.2) is 4.83 Å². The third-order valence-electron chi connectivity index (χ3n) is 3.43. The maximum Gasteiger partial charge on any atom is 0.276 e. The Morgan fingerprint density at radius 2 is 1.83 bits per heavy atom. The molecule has 2 N–H and O–H groups in total. The molecule has 7 heteroatoms. The number of para-hydroxylation sites is 1. The van der Waals surface area contributed by atoms with Crippen LogP contribution in [0.3, 0.4) is 0 Å². The standard InChI is InChI=1S/C16H14BrN3O2S/c1-11-15(14-4-2-3-5-16(14)19-11)10-18-20-23(21,22)13-8-6-12(17)7-9-13/h2-10,19-20H,1H3. The molecule has 2 aromatic carbocycles. The molecule has 0 spiro atoms. The van der Waals surface area contributed by atoms with Crippen molar-refractivity contribution in [2.45, 2.75) is 11.8 Å². The maximum atomic E-state index is 12.2. The lowest BCUT2D eigenvalue weighted by Gasteiger charge is -2.03. The highest BCUT2D eigenvalue weighted by molar-refractivity contribution is 9.10. The third kappa shape index (κ3) is 3.30. The highest BCUT2D eigenvalue weighted by atomic mass is 79.9. The van der Waals surface area contributed by atoms with E-state index >= 15 is 0 Å². The fourth-order valence-corrected chi connectivity index (χ4v) is 3.35.